The van der Waals surface area contributed by atoms with Gasteiger partial charge in [0.15, 0.2) is 19.7 Å². The van der Waals surface area contributed by atoms with Crippen LogP contribution >= 0.6 is 0 Å². The molecular weight excluding hydrogens is 1940 g/mol. The molecule has 0 unspecified atom stereocenters. The molecule has 0 spiro atoms. The highest BCUT2D eigenvalue weighted by atomic mass is 32.2. The molecule has 0 bridgehead atoms. The molecule has 6 fully saturated rings. The van der Waals surface area contributed by atoms with Gasteiger partial charge < -0.3 is 50.8 Å². The number of sulfone groups is 3. The standard InChI is InChI=1S/C11H23N3O.C11H16O2S.C10H23N3.C10H15NO2S.C10H21NO.C10H14O2S.C10H14.C9H20N2O.C9H20N2.C6H13NO2S.C5H13NO2S.C5H12O2S.3CH4/c1-10(2)12-4-5-13-6-8-14(9-7-13)11(3)15;1-10(2)8-14(12,13)9-11-6-4-3-5-7-11;1-10(2)11-4-5-13-8-6-12(3)7-9-13;1-9(2)11(3)14(12,13)10-7-5-4-6-8-10;1-10(2,3)11-8-9-4-6-12-7-5-9;1-9(2)8-13(11,12)10-6-4-3-5-7-10;1-10(2,3)9-7-5-4-6-8-9;1-9(2)10-3-4-11-5-7-12-8-6-11;1-9(2)10-5-8-11-6-3-4-7-11;1-6(2)7-4-3-5-10(7,8)9;1-5(2)6(3)9(4,7)8;1-5(2)4-8(3,6)7;;;/h10,12H,4-9H2,1-3H3;3-7,10H,8-9H2,1-2H3;10-11H,4-9H2,1-3H3;4-9H,1-3H3;9,11H,4-8H2,1-3H3;3-7,9H,8H2,1-2H3;4-8H,1-3H3;9-10H,3-8H2,1-2H3;9-10H,3-8H2,1-2H3;6H,3-5H2,1-2H3;5H,1-4H3;5H,4H2,1-3H3;3*1H4. The number of nitrogens with one attached hydrogen (secondary N) is 5. The SMILES string of the molecule is C.C.C.CC(=O)N1CCN(CCNC(C)C)CC1.CC(C)(C)NCC1CCOCC1.CC(C)(C)c1ccccc1.CC(C)CS(=O)(=O)Cc1ccccc1.CC(C)CS(=O)(=O)c1ccccc1.CC(C)CS(C)(=O)=O.CC(C)N(C)S(=O)(=O)c1ccccc1.CC(C)N(C)S(C)(=O)=O.CC(C)N1CCCS1(=O)=O.CC(C)NCCN1CCCC1.CC(C)NCCN1CCN(C)CC1.CC(C)NCCN1CCOCC1. The van der Waals surface area contributed by atoms with Crippen molar-refractivity contribution in [3.05, 3.63) is 132 Å². The minimum atomic E-state index is -3.30. The van der Waals surface area contributed by atoms with Crippen molar-refractivity contribution < 1.29 is 64.8 Å². The summed E-state index contributed by atoms with van der Waals surface area (Å²) in [5.41, 5.74) is 2.82. The maximum atomic E-state index is 11.9. The lowest BCUT2D eigenvalue weighted by atomic mass is 9.87. The zero-order chi connectivity index (χ0) is 108. The number of ether oxygens (including phenoxy) is 2. The van der Waals surface area contributed by atoms with E-state index in [1.165, 1.54) is 105 Å². The topological polar surface area (TPSA) is 330 Å². The van der Waals surface area contributed by atoms with Crippen LogP contribution < -0.4 is 26.6 Å². The predicted molar refractivity (Wildman–Crippen MR) is 616 cm³/mol. The van der Waals surface area contributed by atoms with E-state index in [9.17, 15) is 55.3 Å². The Morgan fingerprint density at radius 3 is 1.09 bits per heavy atom. The summed E-state index contributed by atoms with van der Waals surface area (Å²) >= 11 is 0. The number of morpholine rings is 1. The zero-order valence-electron chi connectivity index (χ0n) is 94.0. The normalized spacial score (nSPS) is 16.4. The second-order valence-electron chi connectivity index (χ2n) is 42.8. The monoisotopic (exact) mass is 2150 g/mol. The second kappa shape index (κ2) is 79.4. The van der Waals surface area contributed by atoms with Gasteiger partial charge in [-0.2, -0.15) is 8.61 Å². The van der Waals surface area contributed by atoms with Crippen molar-refractivity contribution >= 4 is 65.5 Å². The summed E-state index contributed by atoms with van der Waals surface area (Å²) in [6.07, 6.45) is 8.51. The molecule has 0 aromatic heterocycles. The third kappa shape index (κ3) is 79.5. The lowest BCUT2D eigenvalue weighted by Gasteiger charge is -2.34. The highest BCUT2D eigenvalue weighted by molar-refractivity contribution is 7.91. The van der Waals surface area contributed by atoms with Crippen molar-refractivity contribution in [2.45, 2.75) is 310 Å². The third-order valence-corrected chi connectivity index (χ3v) is 33.7. The van der Waals surface area contributed by atoms with Gasteiger partial charge in [0, 0.05) is 213 Å². The number of rotatable bonds is 33. The van der Waals surface area contributed by atoms with Gasteiger partial charge in [0.05, 0.1) is 58.0 Å². The van der Waals surface area contributed by atoms with Crippen LogP contribution in [-0.4, -0.2) is 374 Å². The van der Waals surface area contributed by atoms with Gasteiger partial charge in [-0.05, 0) is 186 Å². The molecule has 4 aromatic carbocycles. The number of hydrogen-bond donors (Lipinski definition) is 5. The molecule has 6 heterocycles. The van der Waals surface area contributed by atoms with Crippen LogP contribution in [0.25, 0.3) is 0 Å². The summed E-state index contributed by atoms with van der Waals surface area (Å²) in [4.78, 5) is 26.1. The van der Waals surface area contributed by atoms with Gasteiger partial charge in [0.2, 0.25) is 36.0 Å². The van der Waals surface area contributed by atoms with Gasteiger partial charge in [0.1, 0.15) is 9.84 Å². The van der Waals surface area contributed by atoms with Crippen LogP contribution in [0, 0.1) is 23.7 Å². The number of benzene rings is 4. The fourth-order valence-corrected chi connectivity index (χ4v) is 23.0. The van der Waals surface area contributed by atoms with E-state index in [-0.39, 0.29) is 86.9 Å². The molecule has 4 aromatic rings. The van der Waals surface area contributed by atoms with E-state index >= 15 is 0 Å². The molecule has 0 atom stereocenters. The molecular formula is C109H216N14O15S6. The third-order valence-electron chi connectivity index (χ3n) is 22.8. The van der Waals surface area contributed by atoms with Gasteiger partial charge in [-0.25, -0.2) is 54.8 Å². The maximum absolute atomic E-state index is 11.9. The molecule has 35 heteroatoms. The first kappa shape index (κ1) is 148. The van der Waals surface area contributed by atoms with E-state index in [1.54, 1.807) is 79.9 Å². The molecule has 0 radical (unpaired) electrons. The van der Waals surface area contributed by atoms with E-state index in [0.717, 1.165) is 129 Å². The van der Waals surface area contributed by atoms with Crippen LogP contribution in [0.5, 0.6) is 0 Å². The highest BCUT2D eigenvalue weighted by Gasteiger charge is 2.31. The number of amides is 1. The highest BCUT2D eigenvalue weighted by Crippen LogP contribution is 2.23. The molecule has 0 saturated carbocycles. The van der Waals surface area contributed by atoms with Crippen LogP contribution in [-0.2, 0) is 85.0 Å². The summed E-state index contributed by atoms with van der Waals surface area (Å²) in [5.74, 6) is 2.94. The van der Waals surface area contributed by atoms with Crippen molar-refractivity contribution in [2.75, 3.05) is 227 Å². The maximum Gasteiger partial charge on any atom is 0.243 e. The summed E-state index contributed by atoms with van der Waals surface area (Å²) in [6, 6.07) is 39.5. The van der Waals surface area contributed by atoms with Crippen LogP contribution in [0.3, 0.4) is 0 Å². The van der Waals surface area contributed by atoms with E-state index in [4.69, 9.17) is 9.47 Å². The molecule has 29 nitrogen and oxygen atoms in total. The van der Waals surface area contributed by atoms with Gasteiger partial charge in [-0.3, -0.25) is 19.5 Å². The van der Waals surface area contributed by atoms with Gasteiger partial charge >= 0.3 is 0 Å². The van der Waals surface area contributed by atoms with Crippen LogP contribution in [0.2, 0.25) is 0 Å². The summed E-state index contributed by atoms with van der Waals surface area (Å²) < 4.78 is 150. The quantitative estimate of drug-likeness (QED) is 0.0296. The van der Waals surface area contributed by atoms with Gasteiger partial charge in [-0.15, -0.1) is 0 Å². The van der Waals surface area contributed by atoms with E-state index in [2.05, 4.69) is 185 Å². The number of carbonyl (C=O) groups excluding carboxylic acids is 1. The number of sulfonamides is 3. The zero-order valence-corrected chi connectivity index (χ0v) is 98.9. The number of likely N-dealkylation sites (tertiary alicyclic amines) is 1. The molecule has 1 amide bonds. The molecule has 5 N–H and O–H groups in total. The first-order valence-electron chi connectivity index (χ1n) is 51.7. The minimum absolute atomic E-state index is 0. The lowest BCUT2D eigenvalue weighted by Crippen LogP contribution is -2.49. The first-order chi connectivity index (χ1) is 65.3. The van der Waals surface area contributed by atoms with Crippen molar-refractivity contribution in [1.29, 1.82) is 0 Å². The number of piperazine rings is 2. The Morgan fingerprint density at radius 2 is 0.792 bits per heavy atom. The largest absolute Gasteiger partial charge is 0.381 e. The Kier molecular flexibility index (Phi) is 81.6. The summed E-state index contributed by atoms with van der Waals surface area (Å²) in [7, 11) is -12.5. The fraction of sp³-hybridized carbons (Fsp3) is 0.771. The Hall–Kier alpha value is -4.55. The number of hydrogen-bond acceptors (Lipinski definition) is 25. The molecule has 6 aliphatic heterocycles. The molecule has 0 aliphatic carbocycles. The molecule has 144 heavy (non-hydrogen) atoms. The van der Waals surface area contributed by atoms with Crippen LogP contribution in [0.15, 0.2) is 131 Å². The number of likely N-dealkylation sites (N-methyl/N-ethyl adjacent to an activating group) is 1. The first-order valence-corrected chi connectivity index (χ1v) is 62.1. The molecule has 848 valence electrons. The molecule has 6 saturated heterocycles. The Labute approximate surface area is 886 Å². The van der Waals surface area contributed by atoms with Gasteiger partial charge in [-0.1, -0.05) is 237 Å². The average Bonchev–Trinajstić information content (AvgIpc) is 1.67. The van der Waals surface area contributed by atoms with Crippen molar-refractivity contribution in [1.82, 2.24) is 68.9 Å². The molecule has 10 rings (SSSR count). The van der Waals surface area contributed by atoms with Crippen LogP contribution in [0.1, 0.15) is 252 Å². The van der Waals surface area contributed by atoms with Gasteiger partial charge in [0.25, 0.3) is 0 Å². The summed E-state index contributed by atoms with van der Waals surface area (Å²) in [5, 5.41) is 17.2. The Balaban J connectivity index is -0.000000489. The second-order valence-corrected chi connectivity index (χ2v) is 55.2. The fourth-order valence-electron chi connectivity index (χ4n) is 14.4. The minimum Gasteiger partial charge on any atom is -0.381 e. The predicted octanol–water partition coefficient (Wildman–Crippen LogP) is 16.0. The van der Waals surface area contributed by atoms with Crippen LogP contribution in [0.4, 0.5) is 0 Å². The Bertz CT molecular complexity index is 4490. The Morgan fingerprint density at radius 1 is 0.438 bits per heavy atom. The van der Waals surface area contributed by atoms with Crippen molar-refractivity contribution in [2.24, 2.45) is 23.7 Å². The van der Waals surface area contributed by atoms with E-state index in [0.29, 0.717) is 57.4 Å². The van der Waals surface area contributed by atoms with E-state index in [1.807, 2.05) is 124 Å². The molecule has 6 aliphatic rings. The number of nitrogens with zero attached hydrogens (tertiary/aromatic N) is 9. The summed E-state index contributed by atoms with van der Waals surface area (Å²) in [6.45, 7) is 83.2. The average molecular weight is 2160 g/mol. The number of carbonyl (C=O) groups is 1. The smallest absolute Gasteiger partial charge is 0.243 e. The van der Waals surface area contributed by atoms with E-state index < -0.39 is 59.6 Å². The van der Waals surface area contributed by atoms with Crippen molar-refractivity contribution in [3.8, 4) is 0 Å². The lowest BCUT2D eigenvalue weighted by molar-refractivity contribution is -0.130. The van der Waals surface area contributed by atoms with Crippen molar-refractivity contribution in [3.63, 3.8) is 0 Å².